The first-order valence-corrected chi connectivity index (χ1v) is 9.43. The molecular weight excluding hydrogens is 312 g/mol. The van der Waals surface area contributed by atoms with E-state index in [0.29, 0.717) is 12.5 Å². The van der Waals surface area contributed by atoms with Gasteiger partial charge in [0.15, 0.2) is 0 Å². The summed E-state index contributed by atoms with van der Waals surface area (Å²) in [6.07, 6.45) is 3.67. The van der Waals surface area contributed by atoms with Crippen LogP contribution in [0, 0.1) is 5.92 Å². The van der Waals surface area contributed by atoms with Gasteiger partial charge in [-0.05, 0) is 30.4 Å². The monoisotopic (exact) mass is 338 g/mol. The minimum absolute atomic E-state index is 0.0947. The normalized spacial score (nSPS) is 12.0. The van der Waals surface area contributed by atoms with E-state index in [2.05, 4.69) is 23.9 Å². The molecule has 1 aromatic carbocycles. The highest BCUT2D eigenvalue weighted by Crippen LogP contribution is 2.03. The zero-order valence-corrected chi connectivity index (χ0v) is 14.6. The number of amides is 1. The molecule has 5 nitrogen and oxygen atoms in total. The van der Waals surface area contributed by atoms with Gasteiger partial charge in [-0.1, -0.05) is 44.2 Å². The van der Waals surface area contributed by atoms with Crippen LogP contribution in [0.25, 0.3) is 6.08 Å². The molecule has 1 rings (SSSR count). The molecule has 0 bridgehead atoms. The highest BCUT2D eigenvalue weighted by atomic mass is 32.2. The number of nitrogens with one attached hydrogen (secondary N) is 2. The van der Waals surface area contributed by atoms with Crippen LogP contribution in [0.3, 0.4) is 0 Å². The number of benzene rings is 1. The van der Waals surface area contributed by atoms with E-state index in [0.717, 1.165) is 23.8 Å². The van der Waals surface area contributed by atoms with Crippen LogP contribution >= 0.6 is 0 Å². The van der Waals surface area contributed by atoms with Crippen molar-refractivity contribution < 1.29 is 13.2 Å². The summed E-state index contributed by atoms with van der Waals surface area (Å²) in [4.78, 5) is 11.6. The Labute approximate surface area is 139 Å². The van der Waals surface area contributed by atoms with Crippen molar-refractivity contribution in [2.75, 3.05) is 13.1 Å². The molecule has 23 heavy (non-hydrogen) atoms. The minimum atomic E-state index is -3.52. The van der Waals surface area contributed by atoms with Crippen molar-refractivity contribution >= 4 is 22.0 Å². The van der Waals surface area contributed by atoms with Crippen molar-refractivity contribution in [1.29, 1.82) is 0 Å². The molecule has 0 saturated heterocycles. The third-order valence-electron chi connectivity index (χ3n) is 3.17. The van der Waals surface area contributed by atoms with Crippen molar-refractivity contribution in [3.05, 3.63) is 41.3 Å². The summed E-state index contributed by atoms with van der Waals surface area (Å²) in [7, 11) is -3.52. The van der Waals surface area contributed by atoms with E-state index in [4.69, 9.17) is 0 Å². The molecule has 0 spiro atoms. The predicted octanol–water partition coefficient (Wildman–Crippen LogP) is 2.52. The lowest BCUT2D eigenvalue weighted by Gasteiger charge is -2.07. The molecule has 128 valence electrons. The quantitative estimate of drug-likeness (QED) is 0.644. The van der Waals surface area contributed by atoms with Crippen molar-refractivity contribution in [2.45, 2.75) is 33.1 Å². The fourth-order valence-electron chi connectivity index (χ4n) is 1.91. The Morgan fingerprint density at radius 1 is 1.17 bits per heavy atom. The first-order chi connectivity index (χ1) is 10.9. The molecule has 1 amide bonds. The fourth-order valence-corrected chi connectivity index (χ4v) is 2.73. The van der Waals surface area contributed by atoms with Crippen LogP contribution in [0.4, 0.5) is 0 Å². The lowest BCUT2D eigenvalue weighted by molar-refractivity contribution is -0.120. The number of carbonyl (C=O) groups is 1. The molecule has 0 aliphatic rings. The summed E-state index contributed by atoms with van der Waals surface area (Å²) >= 11 is 0. The third-order valence-corrected chi connectivity index (χ3v) is 4.28. The Morgan fingerprint density at radius 3 is 2.52 bits per heavy atom. The van der Waals surface area contributed by atoms with E-state index in [1.54, 1.807) is 0 Å². The number of carbonyl (C=O) groups excluding carboxylic acids is 1. The van der Waals surface area contributed by atoms with Crippen molar-refractivity contribution in [1.82, 2.24) is 10.0 Å². The second kappa shape index (κ2) is 10.2. The van der Waals surface area contributed by atoms with Crippen LogP contribution in [0.5, 0.6) is 0 Å². The lowest BCUT2D eigenvalue weighted by Crippen LogP contribution is -2.30. The van der Waals surface area contributed by atoms with Gasteiger partial charge in [0.1, 0.15) is 0 Å². The third kappa shape index (κ3) is 9.86. The Morgan fingerprint density at radius 2 is 1.87 bits per heavy atom. The van der Waals surface area contributed by atoms with Gasteiger partial charge in [-0.25, -0.2) is 13.1 Å². The molecule has 1 aromatic rings. The molecule has 0 radical (unpaired) electrons. The van der Waals surface area contributed by atoms with Gasteiger partial charge in [-0.2, -0.15) is 0 Å². The number of sulfonamides is 1. The zero-order chi connectivity index (χ0) is 17.1. The van der Waals surface area contributed by atoms with Gasteiger partial charge in [0.25, 0.3) is 0 Å². The minimum Gasteiger partial charge on any atom is -0.356 e. The van der Waals surface area contributed by atoms with E-state index in [1.807, 2.05) is 30.3 Å². The van der Waals surface area contributed by atoms with E-state index < -0.39 is 10.0 Å². The van der Waals surface area contributed by atoms with Crippen LogP contribution in [-0.4, -0.2) is 27.4 Å². The highest BCUT2D eigenvalue weighted by Gasteiger charge is 2.07. The molecule has 0 unspecified atom stereocenters. The molecule has 0 heterocycles. The maximum absolute atomic E-state index is 11.8. The zero-order valence-electron chi connectivity index (χ0n) is 13.8. The maximum Gasteiger partial charge on any atom is 0.233 e. The summed E-state index contributed by atoms with van der Waals surface area (Å²) in [5.41, 5.74) is 0.806. The van der Waals surface area contributed by atoms with Crippen LogP contribution in [0.1, 0.15) is 38.7 Å². The molecule has 0 atom stereocenters. The Kier molecular flexibility index (Phi) is 8.58. The fraction of sp³-hybridized carbons (Fsp3) is 0.471. The summed E-state index contributed by atoms with van der Waals surface area (Å²) in [6.45, 7) is 5.01. The first-order valence-electron chi connectivity index (χ1n) is 7.88. The molecule has 2 N–H and O–H groups in total. The van der Waals surface area contributed by atoms with E-state index in [1.165, 1.54) is 6.08 Å². The van der Waals surface area contributed by atoms with Crippen LogP contribution in [0.15, 0.2) is 35.7 Å². The summed E-state index contributed by atoms with van der Waals surface area (Å²) in [5.74, 6) is 0.485. The van der Waals surface area contributed by atoms with E-state index >= 15 is 0 Å². The topological polar surface area (TPSA) is 75.3 Å². The average Bonchev–Trinajstić information content (AvgIpc) is 2.50. The standard InChI is InChI=1S/C17H26N2O3S/c1-15(2)7-6-12-18-17(20)10-13-19-23(21,22)14-11-16-8-4-3-5-9-16/h3-5,8-9,11,14-15,19H,6-7,10,12-13H2,1-2H3,(H,18,20)/b14-11+. The number of rotatable bonds is 10. The van der Waals surface area contributed by atoms with Crippen LogP contribution in [0.2, 0.25) is 0 Å². The van der Waals surface area contributed by atoms with Crippen LogP contribution < -0.4 is 10.0 Å². The number of hydrogen-bond acceptors (Lipinski definition) is 3. The van der Waals surface area contributed by atoms with Gasteiger partial charge < -0.3 is 5.32 Å². The Bertz CT molecular complexity index is 596. The van der Waals surface area contributed by atoms with Gasteiger partial charge in [0.05, 0.1) is 0 Å². The predicted molar refractivity (Wildman–Crippen MR) is 94.1 cm³/mol. The van der Waals surface area contributed by atoms with Gasteiger partial charge >= 0.3 is 0 Å². The van der Waals surface area contributed by atoms with Gasteiger partial charge in [-0.15, -0.1) is 0 Å². The lowest BCUT2D eigenvalue weighted by atomic mass is 10.1. The highest BCUT2D eigenvalue weighted by molar-refractivity contribution is 7.92. The van der Waals surface area contributed by atoms with Crippen molar-refractivity contribution in [3.8, 4) is 0 Å². The van der Waals surface area contributed by atoms with E-state index in [9.17, 15) is 13.2 Å². The SMILES string of the molecule is CC(C)CCCNC(=O)CCNS(=O)(=O)/C=C/c1ccccc1. The molecule has 0 saturated carbocycles. The van der Waals surface area contributed by atoms with Crippen molar-refractivity contribution in [3.63, 3.8) is 0 Å². The summed E-state index contributed by atoms with van der Waals surface area (Å²) < 4.78 is 26.0. The second-order valence-corrected chi connectivity index (χ2v) is 7.44. The first kappa shape index (κ1) is 19.4. The maximum atomic E-state index is 11.8. The van der Waals surface area contributed by atoms with Gasteiger partial charge in [-0.3, -0.25) is 4.79 Å². The second-order valence-electron chi connectivity index (χ2n) is 5.79. The largest absolute Gasteiger partial charge is 0.356 e. The summed E-state index contributed by atoms with van der Waals surface area (Å²) in [6, 6.07) is 9.17. The molecule has 0 aliphatic carbocycles. The van der Waals surface area contributed by atoms with Crippen LogP contribution in [-0.2, 0) is 14.8 Å². The molecule has 0 aromatic heterocycles. The van der Waals surface area contributed by atoms with Gasteiger partial charge in [0, 0.05) is 24.9 Å². The average molecular weight is 338 g/mol. The smallest absolute Gasteiger partial charge is 0.233 e. The Hall–Kier alpha value is -1.66. The van der Waals surface area contributed by atoms with Crippen molar-refractivity contribution in [2.24, 2.45) is 5.92 Å². The molecule has 0 aliphatic heterocycles. The molecular formula is C17H26N2O3S. The van der Waals surface area contributed by atoms with Gasteiger partial charge in [0.2, 0.25) is 15.9 Å². The number of hydrogen-bond donors (Lipinski definition) is 2. The summed E-state index contributed by atoms with van der Waals surface area (Å²) in [5, 5.41) is 3.90. The Balaban J connectivity index is 2.25. The van der Waals surface area contributed by atoms with E-state index in [-0.39, 0.29) is 18.9 Å². The molecule has 6 heteroatoms. The molecule has 0 fully saturated rings.